The van der Waals surface area contributed by atoms with Crippen molar-refractivity contribution in [3.8, 4) is 23.0 Å². The fourth-order valence-electron chi connectivity index (χ4n) is 4.38. The molecule has 2 aliphatic rings. The van der Waals surface area contributed by atoms with E-state index >= 15 is 0 Å². The van der Waals surface area contributed by atoms with Gasteiger partial charge in [-0.1, -0.05) is 11.6 Å². The third kappa shape index (κ3) is 3.95. The summed E-state index contributed by atoms with van der Waals surface area (Å²) in [5.74, 6) is 3.07. The van der Waals surface area contributed by atoms with Gasteiger partial charge in [-0.15, -0.1) is 0 Å². The van der Waals surface area contributed by atoms with Crippen molar-refractivity contribution in [1.29, 1.82) is 0 Å². The number of benzene rings is 3. The molecular weight excluding hydrogens is 440 g/mol. The zero-order valence-corrected chi connectivity index (χ0v) is 19.5. The molecule has 6 nitrogen and oxygen atoms in total. The summed E-state index contributed by atoms with van der Waals surface area (Å²) in [4.78, 5) is 0. The van der Waals surface area contributed by atoms with Crippen LogP contribution in [-0.4, -0.2) is 31.5 Å². The molecular formula is C26H25ClN2O4. The Labute approximate surface area is 198 Å². The molecule has 33 heavy (non-hydrogen) atoms. The lowest BCUT2D eigenvalue weighted by atomic mass is 9.95. The average Bonchev–Trinajstić information content (AvgIpc) is 3.30. The second kappa shape index (κ2) is 8.87. The van der Waals surface area contributed by atoms with Crippen LogP contribution in [0.4, 0.5) is 0 Å². The highest BCUT2D eigenvalue weighted by Gasteiger charge is 2.42. The summed E-state index contributed by atoms with van der Waals surface area (Å²) in [6.45, 7) is 2.61. The molecule has 5 rings (SSSR count). The third-order valence-corrected chi connectivity index (χ3v) is 6.19. The van der Waals surface area contributed by atoms with Crippen LogP contribution >= 0.6 is 11.6 Å². The molecule has 170 valence electrons. The number of halogens is 1. The van der Waals surface area contributed by atoms with Crippen LogP contribution in [0.25, 0.3) is 0 Å². The number of hydrogen-bond acceptors (Lipinski definition) is 6. The maximum atomic E-state index is 6.47. The molecule has 0 saturated heterocycles. The minimum Gasteiger partial charge on any atom is -0.497 e. The number of fused-ring (bicyclic) bond motifs is 3. The highest BCUT2D eigenvalue weighted by molar-refractivity contribution is 6.30. The third-order valence-electron chi connectivity index (χ3n) is 5.95. The molecule has 2 atom stereocenters. The van der Waals surface area contributed by atoms with E-state index in [2.05, 4.69) is 0 Å². The summed E-state index contributed by atoms with van der Waals surface area (Å²) in [6, 6.07) is 19.4. The number of rotatable bonds is 6. The lowest BCUT2D eigenvalue weighted by Crippen LogP contribution is -2.34. The second-order valence-corrected chi connectivity index (χ2v) is 8.30. The summed E-state index contributed by atoms with van der Waals surface area (Å²) in [5.41, 5.74) is 3.89. The van der Waals surface area contributed by atoms with E-state index in [1.807, 2.05) is 72.6 Å². The maximum Gasteiger partial charge on any atom is 0.217 e. The van der Waals surface area contributed by atoms with Gasteiger partial charge < -0.3 is 18.9 Å². The topological polar surface area (TPSA) is 52.5 Å². The monoisotopic (exact) mass is 464 g/mol. The Bertz CT molecular complexity index is 1200. The molecule has 0 bridgehead atoms. The van der Waals surface area contributed by atoms with E-state index < -0.39 is 6.23 Å². The molecule has 2 heterocycles. The van der Waals surface area contributed by atoms with Gasteiger partial charge in [0.2, 0.25) is 6.23 Å². The zero-order chi connectivity index (χ0) is 22.9. The van der Waals surface area contributed by atoms with Gasteiger partial charge in [0.25, 0.3) is 0 Å². The highest BCUT2D eigenvalue weighted by atomic mass is 35.5. The van der Waals surface area contributed by atoms with Crippen molar-refractivity contribution in [3.63, 3.8) is 0 Å². The summed E-state index contributed by atoms with van der Waals surface area (Å²) in [6.07, 6.45) is 0.252. The van der Waals surface area contributed by atoms with E-state index in [0.29, 0.717) is 17.4 Å². The van der Waals surface area contributed by atoms with Crippen LogP contribution in [-0.2, 0) is 0 Å². The molecule has 0 unspecified atom stereocenters. The quantitative estimate of drug-likeness (QED) is 0.448. The summed E-state index contributed by atoms with van der Waals surface area (Å²) in [7, 11) is 3.30. The number of hydrazone groups is 1. The van der Waals surface area contributed by atoms with Gasteiger partial charge in [-0.2, -0.15) is 5.10 Å². The van der Waals surface area contributed by atoms with E-state index in [4.69, 9.17) is 35.6 Å². The molecule has 0 radical (unpaired) electrons. The summed E-state index contributed by atoms with van der Waals surface area (Å²) in [5, 5.41) is 7.69. The lowest BCUT2D eigenvalue weighted by molar-refractivity contribution is -0.0204. The fourth-order valence-corrected chi connectivity index (χ4v) is 4.56. The van der Waals surface area contributed by atoms with Crippen LogP contribution < -0.4 is 18.9 Å². The van der Waals surface area contributed by atoms with Gasteiger partial charge in [0.15, 0.2) is 0 Å². The van der Waals surface area contributed by atoms with Crippen molar-refractivity contribution in [2.45, 2.75) is 25.6 Å². The standard InChI is InChI=1S/C26H25ClN2O4/c1-4-32-18-8-5-16(6-9-18)22-15-23-20-13-17(27)7-11-25(20)33-26(29(23)28-22)21-14-19(30-2)10-12-24(21)31-3/h5-14,23,26H,4,15H2,1-3H3/t23-,26-/m1/s1. The molecule has 3 aromatic rings. The lowest BCUT2D eigenvalue weighted by Gasteiger charge is -2.38. The number of nitrogens with zero attached hydrogens (tertiary/aromatic N) is 2. The van der Waals surface area contributed by atoms with Crippen LogP contribution in [0.5, 0.6) is 23.0 Å². The van der Waals surface area contributed by atoms with Crippen LogP contribution in [0, 0.1) is 0 Å². The van der Waals surface area contributed by atoms with E-state index in [9.17, 15) is 0 Å². The molecule has 0 fully saturated rings. The average molecular weight is 465 g/mol. The minimum absolute atomic E-state index is 0.0186. The minimum atomic E-state index is -0.478. The molecule has 0 aliphatic carbocycles. The molecule has 7 heteroatoms. The fraction of sp³-hybridized carbons (Fsp3) is 0.269. The predicted octanol–water partition coefficient (Wildman–Crippen LogP) is 6.00. The zero-order valence-electron chi connectivity index (χ0n) is 18.7. The van der Waals surface area contributed by atoms with Gasteiger partial charge in [0, 0.05) is 17.0 Å². The summed E-state index contributed by atoms with van der Waals surface area (Å²) < 4.78 is 23.2. The van der Waals surface area contributed by atoms with E-state index in [1.54, 1.807) is 14.2 Å². The maximum absolute atomic E-state index is 6.47. The number of ether oxygens (including phenoxy) is 4. The summed E-state index contributed by atoms with van der Waals surface area (Å²) >= 11 is 6.35. The van der Waals surface area contributed by atoms with Crippen molar-refractivity contribution in [2.75, 3.05) is 20.8 Å². The Morgan fingerprint density at radius 2 is 1.76 bits per heavy atom. The molecule has 0 aromatic heterocycles. The smallest absolute Gasteiger partial charge is 0.217 e. The Hall–Kier alpha value is -3.38. The van der Waals surface area contributed by atoms with Crippen LogP contribution in [0.2, 0.25) is 5.02 Å². The normalized spacial score (nSPS) is 18.7. The SMILES string of the molecule is CCOc1ccc(C2=NN3[C@H](C2)c2cc(Cl)ccc2O[C@@H]3c2cc(OC)ccc2OC)cc1. The van der Waals surface area contributed by atoms with Gasteiger partial charge in [0.05, 0.1) is 38.1 Å². The van der Waals surface area contributed by atoms with Crippen molar-refractivity contribution in [2.24, 2.45) is 5.10 Å². The van der Waals surface area contributed by atoms with Crippen molar-refractivity contribution in [1.82, 2.24) is 5.01 Å². The number of hydrogen-bond donors (Lipinski definition) is 0. The molecule has 0 N–H and O–H groups in total. The van der Waals surface area contributed by atoms with Gasteiger partial charge in [-0.05, 0) is 73.2 Å². The van der Waals surface area contributed by atoms with Gasteiger partial charge in [0.1, 0.15) is 23.0 Å². The largest absolute Gasteiger partial charge is 0.497 e. The molecule has 0 amide bonds. The first-order valence-electron chi connectivity index (χ1n) is 10.9. The van der Waals surface area contributed by atoms with Gasteiger partial charge in [-0.25, -0.2) is 5.01 Å². The molecule has 2 aliphatic heterocycles. The Morgan fingerprint density at radius 1 is 0.970 bits per heavy atom. The van der Waals surface area contributed by atoms with E-state index in [1.165, 1.54) is 0 Å². The van der Waals surface area contributed by atoms with Crippen LogP contribution in [0.15, 0.2) is 65.8 Å². The first-order valence-corrected chi connectivity index (χ1v) is 11.3. The molecule has 0 spiro atoms. The predicted molar refractivity (Wildman–Crippen MR) is 128 cm³/mol. The van der Waals surface area contributed by atoms with Crippen LogP contribution in [0.3, 0.4) is 0 Å². The highest BCUT2D eigenvalue weighted by Crippen LogP contribution is 2.49. The van der Waals surface area contributed by atoms with Crippen molar-refractivity contribution in [3.05, 3.63) is 82.4 Å². The number of methoxy groups -OCH3 is 2. The molecule has 3 aromatic carbocycles. The Kier molecular flexibility index (Phi) is 5.77. The van der Waals surface area contributed by atoms with E-state index in [-0.39, 0.29) is 6.04 Å². The first-order chi connectivity index (χ1) is 16.1. The Morgan fingerprint density at radius 3 is 2.48 bits per heavy atom. The first kappa shape index (κ1) is 21.5. The van der Waals surface area contributed by atoms with Gasteiger partial charge in [-0.3, -0.25) is 0 Å². The van der Waals surface area contributed by atoms with Crippen molar-refractivity contribution < 1.29 is 18.9 Å². The van der Waals surface area contributed by atoms with Crippen LogP contribution in [0.1, 0.15) is 42.3 Å². The van der Waals surface area contributed by atoms with Crippen molar-refractivity contribution >= 4 is 17.3 Å². The molecule has 0 saturated carbocycles. The Balaban J connectivity index is 1.58. The van der Waals surface area contributed by atoms with Gasteiger partial charge >= 0.3 is 0 Å². The van der Waals surface area contributed by atoms with E-state index in [0.717, 1.165) is 46.1 Å². The second-order valence-electron chi connectivity index (χ2n) is 7.86.